The Morgan fingerprint density at radius 3 is 2.84 bits per heavy atom. The highest BCUT2D eigenvalue weighted by Crippen LogP contribution is 2.20. The summed E-state index contributed by atoms with van der Waals surface area (Å²) in [4.78, 5) is 11.0. The molecule has 5 heteroatoms. The van der Waals surface area contributed by atoms with Crippen molar-refractivity contribution >= 4 is 17.6 Å². The fourth-order valence-corrected chi connectivity index (χ4v) is 2.42. The van der Waals surface area contributed by atoms with E-state index in [1.807, 2.05) is 0 Å². The largest absolute Gasteiger partial charge is 0.469 e. The summed E-state index contributed by atoms with van der Waals surface area (Å²) in [6.07, 6.45) is 7.35. The topological polar surface area (TPSA) is 44.8 Å². The van der Waals surface area contributed by atoms with Crippen molar-refractivity contribution < 1.29 is 19.0 Å². The second kappa shape index (κ2) is 10.5. The number of alkyl halides is 1. The minimum Gasteiger partial charge on any atom is -0.469 e. The third kappa shape index (κ3) is 7.75. The third-order valence-corrected chi connectivity index (χ3v) is 3.52. The van der Waals surface area contributed by atoms with Crippen LogP contribution in [0.15, 0.2) is 0 Å². The monoisotopic (exact) mass is 292 g/mol. The number of ether oxygens (including phenoxy) is 3. The van der Waals surface area contributed by atoms with E-state index in [0.29, 0.717) is 12.3 Å². The van der Waals surface area contributed by atoms with Gasteiger partial charge in [-0.05, 0) is 38.5 Å². The summed E-state index contributed by atoms with van der Waals surface area (Å²) in [5.41, 5.74) is 0. The van der Waals surface area contributed by atoms with Crippen molar-refractivity contribution in [2.45, 2.75) is 63.8 Å². The molecule has 19 heavy (non-hydrogen) atoms. The highest BCUT2D eigenvalue weighted by molar-refractivity contribution is 6.17. The van der Waals surface area contributed by atoms with Gasteiger partial charge >= 0.3 is 5.97 Å². The molecular weight excluding hydrogens is 268 g/mol. The van der Waals surface area contributed by atoms with E-state index in [1.165, 1.54) is 13.5 Å². The maximum atomic E-state index is 11.0. The molecule has 0 aliphatic carbocycles. The fraction of sp³-hybridized carbons (Fsp3) is 0.929. The zero-order valence-electron chi connectivity index (χ0n) is 11.7. The van der Waals surface area contributed by atoms with E-state index in [1.54, 1.807) is 0 Å². The Morgan fingerprint density at radius 2 is 2.21 bits per heavy atom. The lowest BCUT2D eigenvalue weighted by molar-refractivity contribution is -0.189. The van der Waals surface area contributed by atoms with Gasteiger partial charge in [-0.1, -0.05) is 6.42 Å². The molecule has 112 valence electrons. The maximum Gasteiger partial charge on any atom is 0.305 e. The van der Waals surface area contributed by atoms with Crippen LogP contribution in [0.1, 0.15) is 51.4 Å². The molecule has 0 saturated carbocycles. The number of rotatable bonds is 9. The van der Waals surface area contributed by atoms with Crippen LogP contribution in [0.4, 0.5) is 0 Å². The van der Waals surface area contributed by atoms with E-state index in [2.05, 4.69) is 4.74 Å². The SMILES string of the molecule is COC(=O)CCCC[C@H](CCCl)O[C@@H]1CCCCO1. The summed E-state index contributed by atoms with van der Waals surface area (Å²) in [5, 5.41) is 0. The number of methoxy groups -OCH3 is 1. The zero-order valence-corrected chi connectivity index (χ0v) is 12.5. The van der Waals surface area contributed by atoms with Crippen molar-refractivity contribution in [2.24, 2.45) is 0 Å². The molecule has 1 fully saturated rings. The van der Waals surface area contributed by atoms with Gasteiger partial charge in [0.15, 0.2) is 6.29 Å². The van der Waals surface area contributed by atoms with Crippen molar-refractivity contribution in [3.8, 4) is 0 Å². The van der Waals surface area contributed by atoms with Crippen molar-refractivity contribution in [1.29, 1.82) is 0 Å². The number of carbonyl (C=O) groups excluding carboxylic acids is 1. The first-order valence-electron chi connectivity index (χ1n) is 7.16. The molecule has 1 saturated heterocycles. The number of esters is 1. The van der Waals surface area contributed by atoms with Gasteiger partial charge in [-0.15, -0.1) is 11.6 Å². The summed E-state index contributed by atoms with van der Waals surface area (Å²) in [5.74, 6) is 0.444. The summed E-state index contributed by atoms with van der Waals surface area (Å²) in [6, 6.07) is 0. The van der Waals surface area contributed by atoms with Crippen LogP contribution in [0.3, 0.4) is 0 Å². The van der Waals surface area contributed by atoms with E-state index < -0.39 is 0 Å². The Kier molecular flexibility index (Phi) is 9.22. The van der Waals surface area contributed by atoms with Gasteiger partial charge in [0.1, 0.15) is 0 Å². The normalized spacial score (nSPS) is 21.1. The number of carbonyl (C=O) groups is 1. The third-order valence-electron chi connectivity index (χ3n) is 3.30. The van der Waals surface area contributed by atoms with Crippen LogP contribution in [-0.2, 0) is 19.0 Å². The molecule has 1 rings (SSSR count). The lowest BCUT2D eigenvalue weighted by Crippen LogP contribution is -2.28. The first kappa shape index (κ1) is 16.7. The molecule has 0 bridgehead atoms. The van der Waals surface area contributed by atoms with E-state index in [0.717, 1.165) is 45.1 Å². The zero-order chi connectivity index (χ0) is 13.9. The average Bonchev–Trinajstić information content (AvgIpc) is 2.44. The van der Waals surface area contributed by atoms with Crippen LogP contribution in [0.2, 0.25) is 0 Å². The number of halogens is 1. The molecule has 0 aromatic carbocycles. The van der Waals surface area contributed by atoms with E-state index in [-0.39, 0.29) is 18.4 Å². The molecule has 0 unspecified atom stereocenters. The Balaban J connectivity index is 2.17. The molecule has 1 aliphatic rings. The molecule has 0 aromatic heterocycles. The van der Waals surface area contributed by atoms with Crippen LogP contribution < -0.4 is 0 Å². The van der Waals surface area contributed by atoms with Gasteiger partial charge in [0, 0.05) is 18.9 Å². The smallest absolute Gasteiger partial charge is 0.305 e. The number of unbranched alkanes of at least 4 members (excludes halogenated alkanes) is 1. The lowest BCUT2D eigenvalue weighted by atomic mass is 10.1. The number of hydrogen-bond acceptors (Lipinski definition) is 4. The van der Waals surface area contributed by atoms with Gasteiger partial charge in [-0.2, -0.15) is 0 Å². The maximum absolute atomic E-state index is 11.0. The molecule has 1 aliphatic heterocycles. The summed E-state index contributed by atoms with van der Waals surface area (Å²) in [6.45, 7) is 0.792. The van der Waals surface area contributed by atoms with Gasteiger partial charge < -0.3 is 14.2 Å². The van der Waals surface area contributed by atoms with E-state index in [4.69, 9.17) is 21.1 Å². The van der Waals surface area contributed by atoms with Crippen LogP contribution >= 0.6 is 11.6 Å². The second-order valence-corrected chi connectivity index (χ2v) is 5.23. The van der Waals surface area contributed by atoms with Crippen LogP contribution in [0.5, 0.6) is 0 Å². The van der Waals surface area contributed by atoms with Crippen molar-refractivity contribution in [3.63, 3.8) is 0 Å². The molecular formula is C14H25ClO4. The first-order chi connectivity index (χ1) is 9.26. The molecule has 0 spiro atoms. The van der Waals surface area contributed by atoms with Crippen molar-refractivity contribution in [1.82, 2.24) is 0 Å². The Hall–Kier alpha value is -0.320. The Morgan fingerprint density at radius 1 is 1.37 bits per heavy atom. The van der Waals surface area contributed by atoms with E-state index >= 15 is 0 Å². The molecule has 1 heterocycles. The first-order valence-corrected chi connectivity index (χ1v) is 7.69. The second-order valence-electron chi connectivity index (χ2n) is 4.85. The molecule has 2 atom stereocenters. The van der Waals surface area contributed by atoms with Gasteiger partial charge in [-0.3, -0.25) is 4.79 Å². The van der Waals surface area contributed by atoms with Gasteiger partial charge in [-0.25, -0.2) is 0 Å². The summed E-state index contributed by atoms with van der Waals surface area (Å²) >= 11 is 5.80. The van der Waals surface area contributed by atoms with Crippen LogP contribution in [0.25, 0.3) is 0 Å². The summed E-state index contributed by atoms with van der Waals surface area (Å²) < 4.78 is 16.1. The van der Waals surface area contributed by atoms with Gasteiger partial charge in [0.25, 0.3) is 0 Å². The molecule has 0 radical (unpaired) electrons. The molecule has 0 N–H and O–H groups in total. The highest BCUT2D eigenvalue weighted by atomic mass is 35.5. The Labute approximate surface area is 120 Å². The van der Waals surface area contributed by atoms with Crippen LogP contribution in [0, 0.1) is 0 Å². The van der Waals surface area contributed by atoms with Crippen molar-refractivity contribution in [2.75, 3.05) is 19.6 Å². The number of hydrogen-bond donors (Lipinski definition) is 0. The predicted octanol–water partition coefficient (Wildman–Crippen LogP) is 3.26. The minimum atomic E-state index is -0.148. The van der Waals surface area contributed by atoms with Crippen LogP contribution in [-0.4, -0.2) is 38.0 Å². The molecule has 0 aromatic rings. The average molecular weight is 293 g/mol. The van der Waals surface area contributed by atoms with E-state index in [9.17, 15) is 4.79 Å². The highest BCUT2D eigenvalue weighted by Gasteiger charge is 2.19. The lowest BCUT2D eigenvalue weighted by Gasteiger charge is -2.27. The van der Waals surface area contributed by atoms with Crippen molar-refractivity contribution in [3.05, 3.63) is 0 Å². The molecule has 0 amide bonds. The summed E-state index contributed by atoms with van der Waals surface area (Å²) in [7, 11) is 1.42. The quantitative estimate of drug-likeness (QED) is 0.372. The van der Waals surface area contributed by atoms with Gasteiger partial charge in [0.05, 0.1) is 13.2 Å². The molecule has 4 nitrogen and oxygen atoms in total. The minimum absolute atomic E-state index is 0.0671. The van der Waals surface area contributed by atoms with Gasteiger partial charge in [0.2, 0.25) is 0 Å². The predicted molar refractivity (Wildman–Crippen MR) is 74.3 cm³/mol. The Bertz CT molecular complexity index is 242. The fourth-order valence-electron chi connectivity index (χ4n) is 2.18. The standard InChI is InChI=1S/C14H25ClO4/c1-17-13(16)7-3-2-6-12(9-10-15)19-14-8-4-5-11-18-14/h12,14H,2-11H2,1H3/t12-,14-/m1/s1.